The Labute approximate surface area is 173 Å². The van der Waals surface area contributed by atoms with E-state index in [1.165, 1.54) is 21.9 Å². The zero-order valence-electron chi connectivity index (χ0n) is 17.7. The smallest absolute Gasteiger partial charge is 0.140 e. The lowest BCUT2D eigenvalue weighted by molar-refractivity contribution is -0.134. The van der Waals surface area contributed by atoms with Crippen molar-refractivity contribution in [2.45, 2.75) is 66.2 Å². The molecule has 4 rings (SSSR count). The van der Waals surface area contributed by atoms with E-state index in [-0.39, 0.29) is 5.41 Å². The zero-order chi connectivity index (χ0) is 20.5. The predicted molar refractivity (Wildman–Crippen MR) is 119 cm³/mol. The molecule has 0 spiro atoms. The Kier molecular flexibility index (Phi) is 6.41. The minimum absolute atomic E-state index is 0.174. The summed E-state index contributed by atoms with van der Waals surface area (Å²) in [6.07, 6.45) is 3.80. The number of ketones is 1. The fourth-order valence-corrected chi connectivity index (χ4v) is 4.98. The third-order valence-electron chi connectivity index (χ3n) is 6.13. The molecule has 0 aromatic heterocycles. The molecule has 4 heteroatoms. The van der Waals surface area contributed by atoms with Gasteiger partial charge in [0.2, 0.25) is 0 Å². The largest absolute Gasteiger partial charge is 0.410 e. The second-order valence-corrected chi connectivity index (χ2v) is 9.73. The number of nitrogens with two attached hydrogens (primary N) is 1. The molecular formula is C24H33NO2S. The third-order valence-corrected chi connectivity index (χ3v) is 6.42. The van der Waals surface area contributed by atoms with Crippen LogP contribution in [-0.2, 0) is 11.2 Å². The fourth-order valence-electron chi connectivity index (χ4n) is 4.76. The number of hydrogen-bond donors (Lipinski definition) is 1. The van der Waals surface area contributed by atoms with Gasteiger partial charge in [0.15, 0.2) is 0 Å². The third kappa shape index (κ3) is 4.08. The predicted octanol–water partition coefficient (Wildman–Crippen LogP) is 6.44. The summed E-state index contributed by atoms with van der Waals surface area (Å²) in [7, 11) is 0. The van der Waals surface area contributed by atoms with Crippen LogP contribution in [0.25, 0.3) is 10.8 Å². The quantitative estimate of drug-likeness (QED) is 0.466. The van der Waals surface area contributed by atoms with Gasteiger partial charge in [-0.3, -0.25) is 4.79 Å². The summed E-state index contributed by atoms with van der Waals surface area (Å²) in [5.74, 6) is 2.91. The van der Waals surface area contributed by atoms with Crippen LogP contribution in [0.3, 0.4) is 0 Å². The molecule has 2 aliphatic carbocycles. The van der Waals surface area contributed by atoms with Crippen LogP contribution in [0, 0.1) is 17.3 Å². The van der Waals surface area contributed by atoms with Gasteiger partial charge >= 0.3 is 0 Å². The SMILES string of the molecule is CC(C)C.CC1CC(=O)C2(C)CCc3c(ccc4cc(OSN)ccc34)C2C1. The van der Waals surface area contributed by atoms with Gasteiger partial charge < -0.3 is 4.18 Å². The number of rotatable bonds is 2. The van der Waals surface area contributed by atoms with Crippen molar-refractivity contribution < 1.29 is 8.98 Å². The first-order valence-corrected chi connectivity index (χ1v) is 11.2. The fraction of sp³-hybridized carbons (Fsp3) is 0.542. The average molecular weight is 400 g/mol. The maximum absolute atomic E-state index is 12.7. The highest BCUT2D eigenvalue weighted by molar-refractivity contribution is 7.92. The number of carbonyl (C=O) groups is 1. The normalized spacial score (nSPS) is 26.3. The van der Waals surface area contributed by atoms with Crippen LogP contribution < -0.4 is 9.32 Å². The van der Waals surface area contributed by atoms with Gasteiger partial charge in [-0.1, -0.05) is 52.8 Å². The number of Topliss-reactive ketones (excluding diaryl/α,β-unsaturated/α-hetero) is 1. The van der Waals surface area contributed by atoms with E-state index in [1.807, 2.05) is 12.1 Å². The zero-order valence-corrected chi connectivity index (χ0v) is 18.6. The number of hydrogen-bond acceptors (Lipinski definition) is 4. The standard InChI is InChI=1S/C20H23NO2S.C4H10/c1-12-9-18-17-5-3-13-11-14(23-24-21)4-6-15(13)16(17)7-8-20(18,2)19(22)10-12;1-4(2)3/h3-6,11-12,18H,7-10,21H2,1-2H3;4H,1-3H3. The Morgan fingerprint density at radius 2 is 1.93 bits per heavy atom. The Morgan fingerprint density at radius 3 is 2.61 bits per heavy atom. The lowest BCUT2D eigenvalue weighted by Gasteiger charge is -2.46. The Balaban J connectivity index is 0.000000516. The van der Waals surface area contributed by atoms with Gasteiger partial charge in [0.05, 0.1) is 0 Å². The van der Waals surface area contributed by atoms with E-state index in [9.17, 15) is 4.79 Å². The molecule has 3 unspecified atom stereocenters. The molecule has 1 fully saturated rings. The molecule has 2 aliphatic rings. The lowest BCUT2D eigenvalue weighted by Crippen LogP contribution is -2.43. The van der Waals surface area contributed by atoms with Crippen molar-refractivity contribution in [1.82, 2.24) is 0 Å². The van der Waals surface area contributed by atoms with Gasteiger partial charge in [-0.2, -0.15) is 0 Å². The summed E-state index contributed by atoms with van der Waals surface area (Å²) in [5.41, 5.74) is 2.63. The first-order valence-electron chi connectivity index (χ1n) is 10.4. The van der Waals surface area contributed by atoms with E-state index >= 15 is 0 Å². The summed E-state index contributed by atoms with van der Waals surface area (Å²) >= 11 is 0.869. The second-order valence-electron chi connectivity index (χ2n) is 9.37. The Bertz CT molecular complexity index is 860. The molecule has 0 amide bonds. The maximum Gasteiger partial charge on any atom is 0.140 e. The molecule has 2 aromatic carbocycles. The Morgan fingerprint density at radius 1 is 1.21 bits per heavy atom. The molecule has 0 radical (unpaired) electrons. The molecule has 3 atom stereocenters. The van der Waals surface area contributed by atoms with Gasteiger partial charge in [0.25, 0.3) is 0 Å². The lowest BCUT2D eigenvalue weighted by atomic mass is 9.56. The molecule has 2 aromatic rings. The van der Waals surface area contributed by atoms with Crippen LogP contribution in [0.1, 0.15) is 70.9 Å². The van der Waals surface area contributed by atoms with Crippen molar-refractivity contribution in [2.75, 3.05) is 0 Å². The summed E-state index contributed by atoms with van der Waals surface area (Å²) in [6.45, 7) is 10.9. The van der Waals surface area contributed by atoms with E-state index in [1.54, 1.807) is 0 Å². The molecule has 28 heavy (non-hydrogen) atoms. The van der Waals surface area contributed by atoms with Crippen molar-refractivity contribution in [2.24, 2.45) is 22.4 Å². The minimum atomic E-state index is -0.174. The van der Waals surface area contributed by atoms with E-state index in [0.29, 0.717) is 17.6 Å². The highest BCUT2D eigenvalue weighted by Gasteiger charge is 2.48. The van der Waals surface area contributed by atoms with Gasteiger partial charge in [-0.15, -0.1) is 0 Å². The molecule has 1 saturated carbocycles. The Hall–Kier alpha value is -1.52. The minimum Gasteiger partial charge on any atom is -0.410 e. The molecule has 0 aliphatic heterocycles. The number of benzene rings is 2. The highest BCUT2D eigenvalue weighted by Crippen LogP contribution is 2.54. The molecule has 3 nitrogen and oxygen atoms in total. The number of fused-ring (bicyclic) bond motifs is 5. The molecular weight excluding hydrogens is 366 g/mol. The van der Waals surface area contributed by atoms with Crippen molar-refractivity contribution in [3.05, 3.63) is 41.5 Å². The number of carbonyl (C=O) groups excluding carboxylic acids is 1. The molecule has 152 valence electrons. The first kappa shape index (κ1) is 21.2. The van der Waals surface area contributed by atoms with Crippen molar-refractivity contribution in [1.29, 1.82) is 0 Å². The number of aryl methyl sites for hydroxylation is 1. The van der Waals surface area contributed by atoms with Crippen LogP contribution in [0.5, 0.6) is 5.75 Å². The van der Waals surface area contributed by atoms with E-state index in [2.05, 4.69) is 52.8 Å². The summed E-state index contributed by atoms with van der Waals surface area (Å²) < 4.78 is 5.34. The molecule has 0 saturated heterocycles. The molecule has 2 N–H and O–H groups in total. The summed E-state index contributed by atoms with van der Waals surface area (Å²) in [6, 6.07) is 10.6. The van der Waals surface area contributed by atoms with Gasteiger partial charge in [0, 0.05) is 11.8 Å². The van der Waals surface area contributed by atoms with Crippen LogP contribution in [0.2, 0.25) is 0 Å². The summed E-state index contributed by atoms with van der Waals surface area (Å²) in [4.78, 5) is 12.7. The van der Waals surface area contributed by atoms with Crippen LogP contribution in [0.4, 0.5) is 0 Å². The van der Waals surface area contributed by atoms with E-state index in [0.717, 1.165) is 49.6 Å². The molecule has 0 heterocycles. The second kappa shape index (κ2) is 8.46. The van der Waals surface area contributed by atoms with Crippen LogP contribution in [0.15, 0.2) is 30.3 Å². The van der Waals surface area contributed by atoms with E-state index < -0.39 is 0 Å². The van der Waals surface area contributed by atoms with Crippen LogP contribution >= 0.6 is 12.2 Å². The van der Waals surface area contributed by atoms with Gasteiger partial charge in [-0.05, 0) is 71.0 Å². The van der Waals surface area contributed by atoms with Crippen molar-refractivity contribution >= 4 is 28.8 Å². The average Bonchev–Trinajstić information content (AvgIpc) is 2.62. The van der Waals surface area contributed by atoms with E-state index in [4.69, 9.17) is 9.32 Å². The van der Waals surface area contributed by atoms with Crippen molar-refractivity contribution in [3.63, 3.8) is 0 Å². The highest BCUT2D eigenvalue weighted by atomic mass is 32.2. The topological polar surface area (TPSA) is 52.3 Å². The van der Waals surface area contributed by atoms with Gasteiger partial charge in [-0.25, -0.2) is 5.14 Å². The van der Waals surface area contributed by atoms with Gasteiger partial charge in [0.1, 0.15) is 23.8 Å². The monoisotopic (exact) mass is 399 g/mol. The summed E-state index contributed by atoms with van der Waals surface area (Å²) in [5, 5.41) is 7.86. The first-order chi connectivity index (χ1) is 13.3. The molecule has 0 bridgehead atoms. The maximum atomic E-state index is 12.7. The van der Waals surface area contributed by atoms with Crippen LogP contribution in [-0.4, -0.2) is 5.78 Å². The van der Waals surface area contributed by atoms with Crippen molar-refractivity contribution in [3.8, 4) is 5.75 Å².